The number of aromatic nitrogens is 4. The van der Waals surface area contributed by atoms with Crippen LogP contribution in [0.1, 0.15) is 37.9 Å². The maximum Gasteiger partial charge on any atom is 0.254 e. The van der Waals surface area contributed by atoms with Crippen LogP contribution in [0.3, 0.4) is 0 Å². The molecule has 200 valence electrons. The molecule has 0 bridgehead atoms. The van der Waals surface area contributed by atoms with E-state index < -0.39 is 17.6 Å². The first kappa shape index (κ1) is 26.5. The monoisotopic (exact) mass is 581 g/mol. The Labute approximate surface area is 229 Å². The molecule has 1 saturated heterocycles. The van der Waals surface area contributed by atoms with E-state index >= 15 is 0 Å². The van der Waals surface area contributed by atoms with Crippen molar-refractivity contribution in [3.05, 3.63) is 52.4 Å². The number of pyridine rings is 1. The van der Waals surface area contributed by atoms with Crippen LogP contribution < -0.4 is 11.1 Å². The summed E-state index contributed by atoms with van der Waals surface area (Å²) in [5, 5.41) is 29.1. The Morgan fingerprint density at radius 2 is 2.00 bits per heavy atom. The molecule has 5 rings (SSSR count). The van der Waals surface area contributed by atoms with Crippen LogP contribution in [0.2, 0.25) is 0 Å². The number of nitrogens with two attached hydrogens (primary N) is 1. The number of fused-ring (bicyclic) bond motifs is 2. The van der Waals surface area contributed by atoms with Gasteiger partial charge in [0.05, 0.1) is 27.5 Å². The molecule has 1 atom stereocenters. The van der Waals surface area contributed by atoms with Crippen molar-refractivity contribution in [2.24, 2.45) is 0 Å². The number of amides is 1. The first-order chi connectivity index (χ1) is 18.0. The molecule has 38 heavy (non-hydrogen) atoms. The predicted octanol–water partition coefficient (Wildman–Crippen LogP) is 2.81. The van der Waals surface area contributed by atoms with Gasteiger partial charge in [0.2, 0.25) is 0 Å². The van der Waals surface area contributed by atoms with Crippen LogP contribution in [0.4, 0.5) is 5.82 Å². The fourth-order valence-electron chi connectivity index (χ4n) is 4.78. The second kappa shape index (κ2) is 10.2. The van der Waals surface area contributed by atoms with E-state index in [1.165, 1.54) is 19.4 Å². The molecule has 3 aromatic heterocycles. The molecule has 1 fully saturated rings. The number of likely N-dealkylation sites (tertiary alicyclic amines) is 1. The molecule has 0 aliphatic carbocycles. The van der Waals surface area contributed by atoms with Crippen molar-refractivity contribution in [3.63, 3.8) is 0 Å². The zero-order chi connectivity index (χ0) is 27.2. The summed E-state index contributed by atoms with van der Waals surface area (Å²) in [6.07, 6.45) is 3.60. The van der Waals surface area contributed by atoms with Crippen LogP contribution in [0.25, 0.3) is 27.7 Å². The first-order valence-corrected chi connectivity index (χ1v) is 13.4. The maximum absolute atomic E-state index is 12.5. The highest BCUT2D eigenvalue weighted by molar-refractivity contribution is 9.10. The third-order valence-electron chi connectivity index (χ3n) is 7.11. The zero-order valence-electron chi connectivity index (χ0n) is 21.6. The van der Waals surface area contributed by atoms with E-state index in [9.17, 15) is 15.0 Å². The number of piperidine rings is 1. The van der Waals surface area contributed by atoms with E-state index in [0.29, 0.717) is 35.6 Å². The lowest BCUT2D eigenvalue weighted by molar-refractivity contribution is -0.153. The molecule has 1 aromatic carbocycles. The quantitative estimate of drug-likeness (QED) is 0.272. The molecule has 0 saturated carbocycles. The van der Waals surface area contributed by atoms with E-state index in [-0.39, 0.29) is 6.04 Å². The van der Waals surface area contributed by atoms with Crippen LogP contribution in [0.15, 0.2) is 41.1 Å². The van der Waals surface area contributed by atoms with Crippen molar-refractivity contribution >= 4 is 44.2 Å². The highest BCUT2D eigenvalue weighted by Gasteiger charge is 2.35. The number of halogens is 1. The van der Waals surface area contributed by atoms with E-state index in [2.05, 4.69) is 50.4 Å². The van der Waals surface area contributed by atoms with Gasteiger partial charge < -0.3 is 26.2 Å². The van der Waals surface area contributed by atoms with Gasteiger partial charge in [-0.25, -0.2) is 4.98 Å². The average Bonchev–Trinajstić information content (AvgIpc) is 3.32. The van der Waals surface area contributed by atoms with Crippen molar-refractivity contribution in [2.75, 3.05) is 18.8 Å². The summed E-state index contributed by atoms with van der Waals surface area (Å²) < 4.78 is 2.31. The van der Waals surface area contributed by atoms with Gasteiger partial charge in [0.1, 0.15) is 5.82 Å². The van der Waals surface area contributed by atoms with Gasteiger partial charge in [0.25, 0.3) is 5.91 Å². The van der Waals surface area contributed by atoms with Gasteiger partial charge in [-0.2, -0.15) is 9.61 Å². The summed E-state index contributed by atoms with van der Waals surface area (Å²) in [5.41, 5.74) is 10.2. The number of anilines is 1. The number of carbonyl (C=O) groups is 1. The van der Waals surface area contributed by atoms with E-state index in [1.807, 2.05) is 18.3 Å². The van der Waals surface area contributed by atoms with Crippen LogP contribution in [0, 0.1) is 6.92 Å². The minimum absolute atomic E-state index is 0.168. The average molecular weight is 583 g/mol. The van der Waals surface area contributed by atoms with Gasteiger partial charge in [0, 0.05) is 48.4 Å². The number of aliphatic hydroxyl groups excluding tert-OH is 1. The summed E-state index contributed by atoms with van der Waals surface area (Å²) in [4.78, 5) is 23.6. The molecule has 1 aliphatic rings. The summed E-state index contributed by atoms with van der Waals surface area (Å²) >= 11 is 3.59. The van der Waals surface area contributed by atoms with Gasteiger partial charge >= 0.3 is 0 Å². The fourth-order valence-corrected chi connectivity index (χ4v) is 5.18. The predicted molar refractivity (Wildman–Crippen MR) is 149 cm³/mol. The number of benzene rings is 1. The number of hydrogen-bond acceptors (Lipinski definition) is 8. The lowest BCUT2D eigenvalue weighted by atomic mass is 9.98. The Hall–Kier alpha value is -3.12. The first-order valence-electron chi connectivity index (χ1n) is 12.6. The van der Waals surface area contributed by atoms with E-state index in [1.54, 1.807) is 15.6 Å². The van der Waals surface area contributed by atoms with Crippen LogP contribution in [-0.4, -0.2) is 71.4 Å². The fraction of sp³-hybridized carbons (Fsp3) is 0.407. The SMILES string of the molecule is Cc1ccc2ncc(-c3cnn4c(N)c(Br)c(CNC5CCN(C(=O)C(O)C(C)(C)O)CC5)nc34)cc2c1. The molecule has 4 heterocycles. The lowest BCUT2D eigenvalue weighted by Crippen LogP contribution is -2.53. The summed E-state index contributed by atoms with van der Waals surface area (Å²) in [5.74, 6) is 0.0221. The second-order valence-electron chi connectivity index (χ2n) is 10.5. The topological polar surface area (TPSA) is 142 Å². The van der Waals surface area contributed by atoms with Crippen molar-refractivity contribution in [1.29, 1.82) is 0 Å². The summed E-state index contributed by atoms with van der Waals surface area (Å²) in [7, 11) is 0. The molecule has 0 spiro atoms. The minimum atomic E-state index is -1.48. The normalized spacial score (nSPS) is 15.9. The van der Waals surface area contributed by atoms with Crippen molar-refractivity contribution in [2.45, 2.75) is 57.9 Å². The smallest absolute Gasteiger partial charge is 0.254 e. The number of nitrogens with zero attached hydrogens (tertiary/aromatic N) is 5. The molecule has 0 radical (unpaired) electrons. The molecule has 1 unspecified atom stereocenters. The number of rotatable bonds is 6. The van der Waals surface area contributed by atoms with Crippen molar-refractivity contribution < 1.29 is 15.0 Å². The van der Waals surface area contributed by atoms with E-state index in [4.69, 9.17) is 10.7 Å². The van der Waals surface area contributed by atoms with Crippen LogP contribution in [0.5, 0.6) is 0 Å². The third-order valence-corrected chi connectivity index (χ3v) is 7.97. The molecule has 11 heteroatoms. The van der Waals surface area contributed by atoms with Gasteiger partial charge in [-0.1, -0.05) is 11.6 Å². The molecular weight excluding hydrogens is 550 g/mol. The molecule has 1 amide bonds. The Morgan fingerprint density at radius 3 is 2.71 bits per heavy atom. The second-order valence-corrected chi connectivity index (χ2v) is 11.3. The highest BCUT2D eigenvalue weighted by Crippen LogP contribution is 2.31. The third kappa shape index (κ3) is 5.11. The molecule has 5 N–H and O–H groups in total. The van der Waals surface area contributed by atoms with Crippen molar-refractivity contribution in [3.8, 4) is 11.1 Å². The van der Waals surface area contributed by atoms with Crippen LogP contribution >= 0.6 is 15.9 Å². The largest absolute Gasteiger partial charge is 0.387 e. The van der Waals surface area contributed by atoms with Crippen molar-refractivity contribution in [1.82, 2.24) is 29.8 Å². The molecular formula is C27H32BrN7O3. The molecule has 4 aromatic rings. The van der Waals surface area contributed by atoms with Gasteiger partial charge in [-0.15, -0.1) is 0 Å². The number of nitrogens with one attached hydrogen (secondary N) is 1. The molecule has 10 nitrogen and oxygen atoms in total. The number of nitrogen functional groups attached to an aromatic ring is 1. The number of aliphatic hydroxyl groups is 2. The zero-order valence-corrected chi connectivity index (χ0v) is 23.2. The lowest BCUT2D eigenvalue weighted by Gasteiger charge is -2.35. The maximum atomic E-state index is 12.5. The summed E-state index contributed by atoms with van der Waals surface area (Å²) in [6.45, 7) is 6.40. The Bertz CT molecular complexity index is 1510. The Balaban J connectivity index is 1.32. The standard InChI is InChI=1S/C27H32BrN7O3/c1-15-4-5-20-16(10-15)11-17(12-31-20)19-13-32-35-24(29)22(28)21(33-25(19)35)14-30-18-6-8-34(9-7-18)26(37)23(36)27(2,3)38/h4-5,10-13,18,23,30,36,38H,6-9,14,29H2,1-3H3. The number of aryl methyl sites for hydroxylation is 1. The minimum Gasteiger partial charge on any atom is -0.387 e. The van der Waals surface area contributed by atoms with Crippen LogP contribution in [-0.2, 0) is 11.3 Å². The van der Waals surface area contributed by atoms with Gasteiger partial charge in [-0.3, -0.25) is 9.78 Å². The number of carbonyl (C=O) groups excluding carboxylic acids is 1. The Morgan fingerprint density at radius 1 is 1.26 bits per heavy atom. The highest BCUT2D eigenvalue weighted by atomic mass is 79.9. The Kier molecular flexibility index (Phi) is 7.12. The van der Waals surface area contributed by atoms with E-state index in [0.717, 1.165) is 40.6 Å². The number of hydrogen-bond donors (Lipinski definition) is 4. The van der Waals surface area contributed by atoms with Gasteiger partial charge in [-0.05, 0) is 67.7 Å². The molecule has 1 aliphatic heterocycles. The summed E-state index contributed by atoms with van der Waals surface area (Å²) in [6, 6.07) is 8.42. The van der Waals surface area contributed by atoms with Gasteiger partial charge in [0.15, 0.2) is 11.8 Å².